The molecule has 1 aliphatic rings. The molecular weight excluding hydrogens is 252 g/mol. The Morgan fingerprint density at radius 3 is 2.58 bits per heavy atom. The van der Waals surface area contributed by atoms with Crippen LogP contribution in [0.5, 0.6) is 0 Å². The molecule has 0 unspecified atom stereocenters. The second-order valence-electron chi connectivity index (χ2n) is 5.05. The van der Waals surface area contributed by atoms with Crippen molar-refractivity contribution in [2.24, 2.45) is 11.0 Å². The van der Waals surface area contributed by atoms with Crippen molar-refractivity contribution in [1.82, 2.24) is 5.43 Å². The molecule has 0 saturated heterocycles. The maximum atomic E-state index is 11.8. The molecular formula is C12H18N2O5. The van der Waals surface area contributed by atoms with Crippen LogP contribution in [-0.4, -0.2) is 35.8 Å². The second-order valence-corrected chi connectivity index (χ2v) is 5.05. The third-order valence-corrected chi connectivity index (χ3v) is 2.22. The van der Waals surface area contributed by atoms with Crippen LogP contribution in [0, 0.1) is 5.92 Å². The van der Waals surface area contributed by atoms with E-state index in [1.807, 2.05) is 0 Å². The Labute approximate surface area is 111 Å². The lowest BCUT2D eigenvalue weighted by Gasteiger charge is -2.23. The fourth-order valence-electron chi connectivity index (χ4n) is 1.43. The normalized spacial score (nSPS) is 19.3. The average molecular weight is 270 g/mol. The van der Waals surface area contributed by atoms with E-state index in [0.717, 1.165) is 0 Å². The van der Waals surface area contributed by atoms with Gasteiger partial charge in [0.15, 0.2) is 0 Å². The Bertz CT molecular complexity index is 422. The first-order valence-corrected chi connectivity index (χ1v) is 6.01. The lowest BCUT2D eigenvalue weighted by atomic mass is 10.00. The van der Waals surface area contributed by atoms with Gasteiger partial charge in [0, 0.05) is 6.42 Å². The summed E-state index contributed by atoms with van der Waals surface area (Å²) in [6.07, 6.45) is -0.112. The Kier molecular flexibility index (Phi) is 4.63. The highest BCUT2D eigenvalue weighted by molar-refractivity contribution is 6.38. The van der Waals surface area contributed by atoms with Crippen molar-refractivity contribution in [3.05, 3.63) is 0 Å². The van der Waals surface area contributed by atoms with Crippen molar-refractivity contribution in [3.63, 3.8) is 0 Å². The van der Waals surface area contributed by atoms with Gasteiger partial charge < -0.3 is 9.47 Å². The van der Waals surface area contributed by atoms with Gasteiger partial charge in [0.25, 0.3) is 5.91 Å². The highest BCUT2D eigenvalue weighted by Crippen LogP contribution is 2.15. The predicted molar refractivity (Wildman–Crippen MR) is 66.2 cm³/mol. The van der Waals surface area contributed by atoms with Gasteiger partial charge >= 0.3 is 11.9 Å². The number of hydrazone groups is 1. The van der Waals surface area contributed by atoms with E-state index in [1.54, 1.807) is 27.7 Å². The molecule has 0 aliphatic carbocycles. The molecule has 0 bridgehead atoms. The minimum Gasteiger partial charge on any atom is -0.465 e. The third-order valence-electron chi connectivity index (χ3n) is 2.22. The van der Waals surface area contributed by atoms with Gasteiger partial charge in [-0.2, -0.15) is 5.10 Å². The molecule has 0 radical (unpaired) electrons. The van der Waals surface area contributed by atoms with Crippen molar-refractivity contribution < 1.29 is 23.9 Å². The molecule has 0 spiro atoms. The van der Waals surface area contributed by atoms with Gasteiger partial charge in [-0.05, 0) is 27.7 Å². The molecule has 0 fully saturated rings. The van der Waals surface area contributed by atoms with E-state index in [-0.39, 0.29) is 18.7 Å². The monoisotopic (exact) mass is 270 g/mol. The molecule has 0 saturated carbocycles. The van der Waals surface area contributed by atoms with Gasteiger partial charge in [0.2, 0.25) is 0 Å². The largest absolute Gasteiger partial charge is 0.465 e. The number of carbonyl (C=O) groups is 3. The fraction of sp³-hybridized carbons (Fsp3) is 0.667. The molecule has 1 aliphatic heterocycles. The van der Waals surface area contributed by atoms with Crippen molar-refractivity contribution in [2.45, 2.75) is 39.7 Å². The zero-order chi connectivity index (χ0) is 14.6. The van der Waals surface area contributed by atoms with Gasteiger partial charge in [0.05, 0.1) is 6.61 Å². The molecule has 1 atom stereocenters. The van der Waals surface area contributed by atoms with Gasteiger partial charge in [-0.3, -0.25) is 9.59 Å². The van der Waals surface area contributed by atoms with E-state index in [2.05, 4.69) is 10.5 Å². The minimum absolute atomic E-state index is 0.00702. The summed E-state index contributed by atoms with van der Waals surface area (Å²) in [5, 5.41) is 3.62. The highest BCUT2D eigenvalue weighted by Gasteiger charge is 2.36. The Hall–Kier alpha value is -1.92. The number of amides is 1. The molecule has 1 N–H and O–H groups in total. The van der Waals surface area contributed by atoms with Crippen LogP contribution in [0.15, 0.2) is 5.10 Å². The van der Waals surface area contributed by atoms with Crippen LogP contribution in [0.1, 0.15) is 34.1 Å². The molecule has 0 aromatic heterocycles. The number of hydrogen-bond donors (Lipinski definition) is 1. The number of ether oxygens (including phenoxy) is 2. The molecule has 1 heterocycles. The number of nitrogens with one attached hydrogen (secondary N) is 1. The smallest absolute Gasteiger partial charge is 0.355 e. The number of hydrogen-bond acceptors (Lipinski definition) is 6. The van der Waals surface area contributed by atoms with E-state index in [9.17, 15) is 14.4 Å². The van der Waals surface area contributed by atoms with Crippen molar-refractivity contribution in [1.29, 1.82) is 0 Å². The van der Waals surface area contributed by atoms with Crippen molar-refractivity contribution in [2.75, 3.05) is 6.61 Å². The molecule has 7 heteroatoms. The number of esters is 2. The topological polar surface area (TPSA) is 94.1 Å². The predicted octanol–water partition coefficient (Wildman–Crippen LogP) is 0.383. The number of carbonyl (C=O) groups excluding carboxylic acids is 3. The van der Waals surface area contributed by atoms with E-state index >= 15 is 0 Å². The lowest BCUT2D eigenvalue weighted by Crippen LogP contribution is -2.43. The number of nitrogens with zero attached hydrogens (tertiary/aromatic N) is 1. The molecule has 1 rings (SSSR count). The Morgan fingerprint density at radius 2 is 2.05 bits per heavy atom. The molecule has 19 heavy (non-hydrogen) atoms. The minimum atomic E-state index is -1.06. The third kappa shape index (κ3) is 4.35. The van der Waals surface area contributed by atoms with E-state index in [1.165, 1.54) is 0 Å². The summed E-state index contributed by atoms with van der Waals surface area (Å²) < 4.78 is 9.90. The maximum Gasteiger partial charge on any atom is 0.355 e. The summed E-state index contributed by atoms with van der Waals surface area (Å²) >= 11 is 0. The molecule has 1 amide bonds. The number of rotatable bonds is 3. The van der Waals surface area contributed by atoms with E-state index < -0.39 is 29.4 Å². The van der Waals surface area contributed by atoms with Crippen molar-refractivity contribution in [3.8, 4) is 0 Å². The van der Waals surface area contributed by atoms with Crippen LogP contribution in [0.4, 0.5) is 0 Å². The first kappa shape index (κ1) is 15.1. The zero-order valence-corrected chi connectivity index (χ0v) is 11.5. The first-order valence-electron chi connectivity index (χ1n) is 6.01. The summed E-state index contributed by atoms with van der Waals surface area (Å²) in [4.78, 5) is 34.9. The fourth-order valence-corrected chi connectivity index (χ4v) is 1.43. The second kappa shape index (κ2) is 5.81. The van der Waals surface area contributed by atoms with Crippen LogP contribution in [0.2, 0.25) is 0 Å². The lowest BCUT2D eigenvalue weighted by molar-refractivity contribution is -0.152. The molecule has 7 nitrogen and oxygen atoms in total. The standard InChI is InChI=1S/C12H18N2O5/c1-5-18-10(16)7-6-8(13-14-9(7)15)11(17)19-12(2,3)4/h7H,5-6H2,1-4H3,(H,14,15)/t7-/m1/s1. The Morgan fingerprint density at radius 1 is 1.42 bits per heavy atom. The maximum absolute atomic E-state index is 11.8. The highest BCUT2D eigenvalue weighted by atomic mass is 16.6. The van der Waals surface area contributed by atoms with Crippen molar-refractivity contribution >= 4 is 23.6 Å². The van der Waals surface area contributed by atoms with Crippen LogP contribution in [-0.2, 0) is 23.9 Å². The zero-order valence-electron chi connectivity index (χ0n) is 11.5. The summed E-state index contributed by atoms with van der Waals surface area (Å²) in [7, 11) is 0. The van der Waals surface area contributed by atoms with Gasteiger partial charge in [0.1, 0.15) is 17.2 Å². The summed E-state index contributed by atoms with van der Waals surface area (Å²) in [5.74, 6) is -2.96. The summed E-state index contributed by atoms with van der Waals surface area (Å²) in [5.41, 5.74) is 1.48. The summed E-state index contributed by atoms with van der Waals surface area (Å²) in [6, 6.07) is 0. The molecule has 106 valence electrons. The van der Waals surface area contributed by atoms with Crippen LogP contribution < -0.4 is 5.43 Å². The average Bonchev–Trinajstić information content (AvgIpc) is 2.27. The van der Waals surface area contributed by atoms with E-state index in [0.29, 0.717) is 0 Å². The molecule has 0 aromatic rings. The first-order chi connectivity index (χ1) is 8.74. The van der Waals surface area contributed by atoms with Gasteiger partial charge in [-0.1, -0.05) is 0 Å². The summed E-state index contributed by atoms with van der Waals surface area (Å²) in [6.45, 7) is 6.96. The van der Waals surface area contributed by atoms with Crippen LogP contribution in [0.25, 0.3) is 0 Å². The van der Waals surface area contributed by atoms with Crippen LogP contribution in [0.3, 0.4) is 0 Å². The van der Waals surface area contributed by atoms with Crippen LogP contribution >= 0.6 is 0 Å². The molecule has 0 aromatic carbocycles. The van der Waals surface area contributed by atoms with Gasteiger partial charge in [-0.25, -0.2) is 10.2 Å². The quantitative estimate of drug-likeness (QED) is 0.591. The Balaban J connectivity index is 2.75. The SMILES string of the molecule is CCOC(=O)[C@@H]1CC(C(=O)OC(C)(C)C)=NNC1=O. The van der Waals surface area contributed by atoms with Gasteiger partial charge in [-0.15, -0.1) is 0 Å². The van der Waals surface area contributed by atoms with E-state index in [4.69, 9.17) is 9.47 Å².